The van der Waals surface area contributed by atoms with Gasteiger partial charge in [0.1, 0.15) is 0 Å². The molecule has 118 valence electrons. The number of anilines is 1. The lowest BCUT2D eigenvalue weighted by atomic mass is 10.2. The van der Waals surface area contributed by atoms with Crippen molar-refractivity contribution >= 4 is 33.3 Å². The maximum Gasteiger partial charge on any atom is 0.278 e. The molecule has 2 N–H and O–H groups in total. The number of aryl methyl sites for hydroxylation is 1. The van der Waals surface area contributed by atoms with Crippen LogP contribution in [0.2, 0.25) is 0 Å². The Kier molecular flexibility index (Phi) is 3.55. The third-order valence-corrected chi connectivity index (χ3v) is 4.70. The van der Waals surface area contributed by atoms with E-state index in [4.69, 9.17) is 0 Å². The van der Waals surface area contributed by atoms with Crippen molar-refractivity contribution in [2.75, 3.05) is 5.32 Å². The molecule has 0 aliphatic carbocycles. The summed E-state index contributed by atoms with van der Waals surface area (Å²) >= 11 is 1.40. The maximum atomic E-state index is 12.5. The number of H-pyrrole nitrogens is 1. The van der Waals surface area contributed by atoms with E-state index < -0.39 is 0 Å². The lowest BCUT2D eigenvalue weighted by Crippen LogP contribution is -2.12. The summed E-state index contributed by atoms with van der Waals surface area (Å²) in [5.41, 5.74) is 2.86. The standard InChI is InChI=1S/C17H13N5OS/c1-10-15(13-8-4-5-9-18-13)24-17(19-10)20-16(23)14-11-6-2-3-7-12(11)21-22-14/h2-9H,1H3,(H,21,22)(H,19,20,23). The number of pyridine rings is 1. The van der Waals surface area contributed by atoms with Gasteiger partial charge in [0.05, 0.1) is 21.8 Å². The topological polar surface area (TPSA) is 83.6 Å². The molecule has 0 bridgehead atoms. The zero-order valence-corrected chi connectivity index (χ0v) is 13.6. The summed E-state index contributed by atoms with van der Waals surface area (Å²) < 4.78 is 0. The molecule has 3 aromatic heterocycles. The van der Waals surface area contributed by atoms with Gasteiger partial charge in [-0.25, -0.2) is 4.98 Å². The van der Waals surface area contributed by atoms with Gasteiger partial charge in [0.2, 0.25) is 0 Å². The number of carbonyl (C=O) groups is 1. The zero-order chi connectivity index (χ0) is 16.5. The summed E-state index contributed by atoms with van der Waals surface area (Å²) in [7, 11) is 0. The van der Waals surface area contributed by atoms with Gasteiger partial charge in [-0.05, 0) is 25.1 Å². The summed E-state index contributed by atoms with van der Waals surface area (Å²) in [5.74, 6) is -0.284. The van der Waals surface area contributed by atoms with Crippen LogP contribution in [0, 0.1) is 6.92 Å². The minimum Gasteiger partial charge on any atom is -0.296 e. The molecule has 1 amide bonds. The summed E-state index contributed by atoms with van der Waals surface area (Å²) in [6.07, 6.45) is 1.74. The molecule has 0 unspecified atom stereocenters. The number of para-hydroxylation sites is 1. The van der Waals surface area contributed by atoms with Gasteiger partial charge in [-0.1, -0.05) is 35.6 Å². The van der Waals surface area contributed by atoms with Crippen LogP contribution in [0.25, 0.3) is 21.5 Å². The van der Waals surface area contributed by atoms with E-state index in [0.29, 0.717) is 10.8 Å². The van der Waals surface area contributed by atoms with Gasteiger partial charge < -0.3 is 0 Å². The predicted molar refractivity (Wildman–Crippen MR) is 94.1 cm³/mol. The molecule has 0 fully saturated rings. The highest BCUT2D eigenvalue weighted by Gasteiger charge is 2.17. The van der Waals surface area contributed by atoms with Crippen LogP contribution in [-0.4, -0.2) is 26.1 Å². The van der Waals surface area contributed by atoms with E-state index in [1.165, 1.54) is 11.3 Å². The first-order valence-electron chi connectivity index (χ1n) is 7.35. The number of hydrogen-bond donors (Lipinski definition) is 2. The molecule has 0 aliphatic rings. The number of nitrogens with zero attached hydrogens (tertiary/aromatic N) is 3. The maximum absolute atomic E-state index is 12.5. The monoisotopic (exact) mass is 335 g/mol. The number of amides is 1. The molecule has 0 radical (unpaired) electrons. The number of thiazole rings is 1. The number of aromatic nitrogens is 4. The Morgan fingerprint density at radius 3 is 2.83 bits per heavy atom. The Morgan fingerprint density at radius 1 is 1.17 bits per heavy atom. The van der Waals surface area contributed by atoms with E-state index >= 15 is 0 Å². The van der Waals surface area contributed by atoms with Crippen LogP contribution in [0.1, 0.15) is 16.2 Å². The quantitative estimate of drug-likeness (QED) is 0.599. The Labute approximate surface area is 141 Å². The van der Waals surface area contributed by atoms with Gasteiger partial charge in [0, 0.05) is 11.6 Å². The Morgan fingerprint density at radius 2 is 2.00 bits per heavy atom. The second-order valence-electron chi connectivity index (χ2n) is 5.22. The number of benzene rings is 1. The number of hydrogen-bond acceptors (Lipinski definition) is 5. The van der Waals surface area contributed by atoms with Gasteiger partial charge in [0.15, 0.2) is 10.8 Å². The van der Waals surface area contributed by atoms with E-state index in [1.807, 2.05) is 49.4 Å². The van der Waals surface area contributed by atoms with Gasteiger partial charge >= 0.3 is 0 Å². The molecule has 7 heteroatoms. The molecule has 0 aliphatic heterocycles. The molecule has 4 rings (SSSR count). The SMILES string of the molecule is Cc1nc(NC(=O)c2n[nH]c3ccccc23)sc1-c1ccccn1. The molecule has 0 atom stereocenters. The summed E-state index contributed by atoms with van der Waals surface area (Å²) in [5, 5.41) is 11.1. The normalized spacial score (nSPS) is 10.9. The number of fused-ring (bicyclic) bond motifs is 1. The average molecular weight is 335 g/mol. The van der Waals surface area contributed by atoms with Crippen molar-refractivity contribution in [3.05, 3.63) is 60.0 Å². The second-order valence-corrected chi connectivity index (χ2v) is 6.22. The number of rotatable bonds is 3. The molecule has 4 aromatic rings. The smallest absolute Gasteiger partial charge is 0.278 e. The van der Waals surface area contributed by atoms with Crippen molar-refractivity contribution in [2.45, 2.75) is 6.92 Å². The lowest BCUT2D eigenvalue weighted by molar-refractivity contribution is 0.102. The van der Waals surface area contributed by atoms with Crippen molar-refractivity contribution in [3.63, 3.8) is 0 Å². The van der Waals surface area contributed by atoms with Crippen molar-refractivity contribution in [1.29, 1.82) is 0 Å². The highest BCUT2D eigenvalue weighted by Crippen LogP contribution is 2.31. The zero-order valence-electron chi connectivity index (χ0n) is 12.8. The third kappa shape index (κ3) is 2.55. The van der Waals surface area contributed by atoms with Crippen LogP contribution in [0.3, 0.4) is 0 Å². The highest BCUT2D eigenvalue weighted by atomic mass is 32.1. The summed E-state index contributed by atoms with van der Waals surface area (Å²) in [4.78, 5) is 22.2. The van der Waals surface area contributed by atoms with Crippen molar-refractivity contribution in [1.82, 2.24) is 20.2 Å². The molecular formula is C17H13N5OS. The third-order valence-electron chi connectivity index (χ3n) is 3.60. The number of carbonyl (C=O) groups excluding carboxylic acids is 1. The van der Waals surface area contributed by atoms with Crippen molar-refractivity contribution in [2.24, 2.45) is 0 Å². The van der Waals surface area contributed by atoms with E-state index in [0.717, 1.165) is 27.2 Å². The van der Waals surface area contributed by atoms with Gasteiger partial charge in [-0.3, -0.25) is 20.2 Å². The van der Waals surface area contributed by atoms with Gasteiger partial charge in [-0.15, -0.1) is 0 Å². The molecule has 0 spiro atoms. The van der Waals surface area contributed by atoms with Crippen LogP contribution in [0.15, 0.2) is 48.7 Å². The fourth-order valence-electron chi connectivity index (χ4n) is 2.48. The van der Waals surface area contributed by atoms with Gasteiger partial charge in [0.25, 0.3) is 5.91 Å². The molecule has 0 saturated carbocycles. The minimum atomic E-state index is -0.284. The summed E-state index contributed by atoms with van der Waals surface area (Å²) in [6.45, 7) is 1.90. The Hall–Kier alpha value is -3.06. The van der Waals surface area contributed by atoms with E-state index in [1.54, 1.807) is 6.20 Å². The molecule has 0 saturated heterocycles. The number of aromatic amines is 1. The lowest BCUT2D eigenvalue weighted by Gasteiger charge is -1.98. The Bertz CT molecular complexity index is 1020. The van der Waals surface area contributed by atoms with Gasteiger partial charge in [-0.2, -0.15) is 5.10 Å². The first kappa shape index (κ1) is 14.5. The van der Waals surface area contributed by atoms with Crippen molar-refractivity contribution < 1.29 is 4.79 Å². The molecule has 1 aromatic carbocycles. The molecule has 24 heavy (non-hydrogen) atoms. The highest BCUT2D eigenvalue weighted by molar-refractivity contribution is 7.19. The average Bonchev–Trinajstić information content (AvgIpc) is 3.19. The first-order valence-corrected chi connectivity index (χ1v) is 8.17. The van der Waals surface area contributed by atoms with Crippen LogP contribution in [-0.2, 0) is 0 Å². The van der Waals surface area contributed by atoms with Crippen LogP contribution in [0.4, 0.5) is 5.13 Å². The first-order chi connectivity index (χ1) is 11.7. The molecule has 3 heterocycles. The molecule has 6 nitrogen and oxygen atoms in total. The largest absolute Gasteiger partial charge is 0.296 e. The van der Waals surface area contributed by atoms with E-state index in [-0.39, 0.29) is 5.91 Å². The predicted octanol–water partition coefficient (Wildman–Crippen LogP) is 3.64. The summed E-state index contributed by atoms with van der Waals surface area (Å²) in [6, 6.07) is 13.2. The molecular weight excluding hydrogens is 322 g/mol. The van der Waals surface area contributed by atoms with Crippen LogP contribution in [0.5, 0.6) is 0 Å². The second kappa shape index (κ2) is 5.86. The van der Waals surface area contributed by atoms with Crippen molar-refractivity contribution in [3.8, 4) is 10.6 Å². The Balaban J connectivity index is 1.63. The van der Waals surface area contributed by atoms with Crippen LogP contribution < -0.4 is 5.32 Å². The van der Waals surface area contributed by atoms with E-state index in [9.17, 15) is 4.79 Å². The number of nitrogens with one attached hydrogen (secondary N) is 2. The van der Waals surface area contributed by atoms with Crippen LogP contribution >= 0.6 is 11.3 Å². The minimum absolute atomic E-state index is 0.284. The fourth-order valence-corrected chi connectivity index (χ4v) is 3.42. The fraction of sp³-hybridized carbons (Fsp3) is 0.0588. The van der Waals surface area contributed by atoms with E-state index in [2.05, 4.69) is 25.5 Å².